The molecule has 0 aliphatic heterocycles. The maximum atomic E-state index is 10.7. The third-order valence-electron chi connectivity index (χ3n) is 1.95. The quantitative estimate of drug-likeness (QED) is 0.486. The molecule has 0 aliphatic rings. The standard InChI is InChI=1S/C10H11NO4S/c1-7-3-2-4-8(11(14)15)10(7)16-6-5-9(12)13/h2-4H,5-6H2,1H3,(H,12,13). The highest BCUT2D eigenvalue weighted by atomic mass is 32.2. The topological polar surface area (TPSA) is 80.4 Å². The molecule has 86 valence electrons. The number of nitro groups is 1. The molecule has 0 saturated heterocycles. The van der Waals surface area contributed by atoms with E-state index in [0.29, 0.717) is 10.6 Å². The van der Waals surface area contributed by atoms with Crippen LogP contribution >= 0.6 is 11.8 Å². The third kappa shape index (κ3) is 3.23. The van der Waals surface area contributed by atoms with Crippen LogP contribution in [-0.2, 0) is 4.79 Å². The monoisotopic (exact) mass is 241 g/mol. The Balaban J connectivity index is 2.84. The number of carboxylic acids is 1. The third-order valence-corrected chi connectivity index (χ3v) is 3.18. The van der Waals surface area contributed by atoms with Gasteiger partial charge < -0.3 is 5.11 Å². The lowest BCUT2D eigenvalue weighted by Crippen LogP contribution is -1.98. The summed E-state index contributed by atoms with van der Waals surface area (Å²) in [5.74, 6) is -0.565. The molecular formula is C10H11NO4S. The van der Waals surface area contributed by atoms with Crippen LogP contribution in [0.2, 0.25) is 0 Å². The first kappa shape index (κ1) is 12.5. The van der Waals surface area contributed by atoms with Gasteiger partial charge in [0, 0.05) is 11.8 Å². The maximum Gasteiger partial charge on any atom is 0.304 e. The van der Waals surface area contributed by atoms with Gasteiger partial charge in [0.25, 0.3) is 5.69 Å². The fourth-order valence-corrected chi connectivity index (χ4v) is 2.28. The van der Waals surface area contributed by atoms with E-state index in [1.165, 1.54) is 17.8 Å². The summed E-state index contributed by atoms with van der Waals surface area (Å²) in [7, 11) is 0. The van der Waals surface area contributed by atoms with Crippen molar-refractivity contribution in [3.05, 3.63) is 33.9 Å². The minimum absolute atomic E-state index is 0.00381. The second-order valence-corrected chi connectivity index (χ2v) is 4.28. The molecule has 0 amide bonds. The van der Waals surface area contributed by atoms with Crippen molar-refractivity contribution in [3.8, 4) is 0 Å². The van der Waals surface area contributed by atoms with E-state index in [1.807, 2.05) is 0 Å². The summed E-state index contributed by atoms with van der Waals surface area (Å²) in [4.78, 5) is 21.2. The van der Waals surface area contributed by atoms with Crippen LogP contribution in [0.5, 0.6) is 0 Å². The average Bonchev–Trinajstić information content (AvgIpc) is 2.19. The van der Waals surface area contributed by atoms with Crippen LogP contribution in [0.15, 0.2) is 23.1 Å². The van der Waals surface area contributed by atoms with Gasteiger partial charge in [-0.3, -0.25) is 14.9 Å². The van der Waals surface area contributed by atoms with Gasteiger partial charge in [0.05, 0.1) is 16.2 Å². The van der Waals surface area contributed by atoms with Gasteiger partial charge in [-0.25, -0.2) is 0 Å². The normalized spacial score (nSPS) is 10.1. The fourth-order valence-electron chi connectivity index (χ4n) is 1.21. The number of aryl methyl sites for hydroxylation is 1. The van der Waals surface area contributed by atoms with Crippen LogP contribution in [0.4, 0.5) is 5.69 Å². The summed E-state index contributed by atoms with van der Waals surface area (Å²) >= 11 is 1.21. The average molecular weight is 241 g/mol. The zero-order valence-electron chi connectivity index (χ0n) is 8.67. The number of carbonyl (C=O) groups is 1. The molecule has 0 saturated carbocycles. The van der Waals surface area contributed by atoms with E-state index in [9.17, 15) is 14.9 Å². The molecule has 0 radical (unpaired) electrons. The number of hydrogen-bond donors (Lipinski definition) is 1. The van der Waals surface area contributed by atoms with Crippen molar-refractivity contribution < 1.29 is 14.8 Å². The lowest BCUT2D eigenvalue weighted by molar-refractivity contribution is -0.387. The van der Waals surface area contributed by atoms with Crippen LogP contribution in [0.25, 0.3) is 0 Å². The molecule has 0 spiro atoms. The first-order chi connectivity index (χ1) is 7.52. The molecule has 5 nitrogen and oxygen atoms in total. The summed E-state index contributed by atoms with van der Waals surface area (Å²) in [5, 5.41) is 19.2. The minimum Gasteiger partial charge on any atom is -0.481 e. The van der Waals surface area contributed by atoms with Crippen molar-refractivity contribution in [2.24, 2.45) is 0 Å². The summed E-state index contributed by atoms with van der Waals surface area (Å²) in [6, 6.07) is 4.82. The molecule has 1 rings (SSSR count). The van der Waals surface area contributed by atoms with Crippen LogP contribution in [-0.4, -0.2) is 21.8 Å². The lowest BCUT2D eigenvalue weighted by atomic mass is 10.2. The van der Waals surface area contributed by atoms with Gasteiger partial charge in [0.2, 0.25) is 0 Å². The van der Waals surface area contributed by atoms with Gasteiger partial charge in [-0.15, -0.1) is 11.8 Å². The Kier molecular flexibility index (Phi) is 4.30. The van der Waals surface area contributed by atoms with Crippen LogP contribution < -0.4 is 0 Å². The van der Waals surface area contributed by atoms with Crippen molar-refractivity contribution in [1.82, 2.24) is 0 Å². The van der Waals surface area contributed by atoms with Crippen LogP contribution in [0, 0.1) is 17.0 Å². The Bertz CT molecular complexity index is 419. The van der Waals surface area contributed by atoms with E-state index in [4.69, 9.17) is 5.11 Å². The molecule has 0 aromatic heterocycles. The Morgan fingerprint density at radius 2 is 2.25 bits per heavy atom. The Hall–Kier alpha value is -1.56. The van der Waals surface area contributed by atoms with Gasteiger partial charge in [-0.2, -0.15) is 0 Å². The Labute approximate surface area is 96.6 Å². The van der Waals surface area contributed by atoms with E-state index in [-0.39, 0.29) is 12.1 Å². The summed E-state index contributed by atoms with van der Waals surface area (Å²) in [6.07, 6.45) is -0.00381. The van der Waals surface area contributed by atoms with Gasteiger partial charge in [-0.05, 0) is 12.5 Å². The van der Waals surface area contributed by atoms with E-state index in [2.05, 4.69) is 0 Å². The second kappa shape index (κ2) is 5.50. The van der Waals surface area contributed by atoms with E-state index < -0.39 is 10.9 Å². The number of rotatable bonds is 5. The molecule has 0 fully saturated rings. The molecule has 0 atom stereocenters. The zero-order chi connectivity index (χ0) is 12.1. The van der Waals surface area contributed by atoms with Gasteiger partial charge in [0.1, 0.15) is 0 Å². The molecule has 0 unspecified atom stereocenters. The second-order valence-electron chi connectivity index (χ2n) is 3.17. The van der Waals surface area contributed by atoms with Crippen LogP contribution in [0.1, 0.15) is 12.0 Å². The number of hydrogen-bond acceptors (Lipinski definition) is 4. The van der Waals surface area contributed by atoms with Crippen molar-refractivity contribution in [1.29, 1.82) is 0 Å². The maximum absolute atomic E-state index is 10.7. The minimum atomic E-state index is -0.899. The predicted octanol–water partition coefficient (Wildman–Crippen LogP) is 2.47. The largest absolute Gasteiger partial charge is 0.481 e. The first-order valence-corrected chi connectivity index (χ1v) is 5.59. The van der Waals surface area contributed by atoms with E-state index >= 15 is 0 Å². The van der Waals surface area contributed by atoms with E-state index in [1.54, 1.807) is 19.1 Å². The number of nitro benzene ring substituents is 1. The summed E-state index contributed by atoms with van der Waals surface area (Å²) in [6.45, 7) is 1.77. The predicted molar refractivity (Wildman–Crippen MR) is 60.8 cm³/mol. The Morgan fingerprint density at radius 3 is 2.81 bits per heavy atom. The smallest absolute Gasteiger partial charge is 0.304 e. The van der Waals surface area contributed by atoms with Gasteiger partial charge in [-0.1, -0.05) is 12.1 Å². The highest BCUT2D eigenvalue weighted by Crippen LogP contribution is 2.32. The van der Waals surface area contributed by atoms with Gasteiger partial charge >= 0.3 is 5.97 Å². The number of carboxylic acid groups (broad SMARTS) is 1. The number of thioether (sulfide) groups is 1. The zero-order valence-corrected chi connectivity index (χ0v) is 9.49. The number of benzene rings is 1. The molecule has 1 aromatic carbocycles. The molecule has 0 aliphatic carbocycles. The van der Waals surface area contributed by atoms with Gasteiger partial charge in [0.15, 0.2) is 0 Å². The lowest BCUT2D eigenvalue weighted by Gasteiger charge is -2.04. The van der Waals surface area contributed by atoms with Crippen molar-refractivity contribution in [3.63, 3.8) is 0 Å². The summed E-state index contributed by atoms with van der Waals surface area (Å²) < 4.78 is 0. The van der Waals surface area contributed by atoms with Crippen molar-refractivity contribution in [2.75, 3.05) is 5.75 Å². The number of nitrogens with zero attached hydrogens (tertiary/aromatic N) is 1. The van der Waals surface area contributed by atoms with Crippen molar-refractivity contribution in [2.45, 2.75) is 18.2 Å². The Morgan fingerprint density at radius 1 is 1.56 bits per heavy atom. The number of aliphatic carboxylic acids is 1. The van der Waals surface area contributed by atoms with Crippen molar-refractivity contribution >= 4 is 23.4 Å². The molecule has 1 N–H and O–H groups in total. The molecule has 16 heavy (non-hydrogen) atoms. The highest BCUT2D eigenvalue weighted by Gasteiger charge is 2.15. The molecular weight excluding hydrogens is 230 g/mol. The first-order valence-electron chi connectivity index (χ1n) is 4.61. The molecule has 6 heteroatoms. The molecule has 0 heterocycles. The molecule has 1 aromatic rings. The fraction of sp³-hybridized carbons (Fsp3) is 0.300. The highest BCUT2D eigenvalue weighted by molar-refractivity contribution is 7.99. The van der Waals surface area contributed by atoms with Crippen LogP contribution in [0.3, 0.4) is 0 Å². The van der Waals surface area contributed by atoms with E-state index in [0.717, 1.165) is 5.56 Å². The summed E-state index contributed by atoms with van der Waals surface area (Å²) in [5.41, 5.74) is 0.833. The SMILES string of the molecule is Cc1cccc([N+](=O)[O-])c1SCCC(=O)O. The molecule has 0 bridgehead atoms.